The molecule has 1 heterocycles. The Balaban J connectivity index is 2.60. The molecule has 2 nitrogen and oxygen atoms in total. The van der Waals surface area contributed by atoms with Gasteiger partial charge in [-0.2, -0.15) is 0 Å². The maximum Gasteiger partial charge on any atom is 0.0351 e. The normalized spacial score (nSPS) is 21.6. The van der Waals surface area contributed by atoms with E-state index in [0.29, 0.717) is 0 Å². The number of hydrogen-bond acceptors (Lipinski definition) is 2. The van der Waals surface area contributed by atoms with Crippen LogP contribution in [-0.2, 0) is 0 Å². The van der Waals surface area contributed by atoms with Gasteiger partial charge in [-0.15, -0.1) is 0 Å². The predicted molar refractivity (Wildman–Crippen MR) is 34.4 cm³/mol. The zero-order chi connectivity index (χ0) is 5.98. The molecule has 0 radical (unpaired) electrons. The third-order valence-electron chi connectivity index (χ3n) is 1.54. The van der Waals surface area contributed by atoms with Crippen molar-refractivity contribution in [2.24, 2.45) is 5.73 Å². The van der Waals surface area contributed by atoms with Gasteiger partial charge < -0.3 is 11.1 Å². The van der Waals surface area contributed by atoms with E-state index in [2.05, 4.69) is 12.2 Å². The number of nitrogens with two attached hydrogens (primary N) is 1. The molecule has 8 heavy (non-hydrogen) atoms. The zero-order valence-electron chi connectivity index (χ0n) is 5.20. The molecule has 0 aromatic carbocycles. The highest BCUT2D eigenvalue weighted by Gasteiger charge is 2.02. The van der Waals surface area contributed by atoms with Crippen LogP contribution >= 0.6 is 0 Å². The Morgan fingerprint density at radius 2 is 2.38 bits per heavy atom. The molecule has 0 bridgehead atoms. The quantitative estimate of drug-likeness (QED) is 0.470. The lowest BCUT2D eigenvalue weighted by molar-refractivity contribution is 0.671. The van der Waals surface area contributed by atoms with Crippen molar-refractivity contribution in [3.63, 3.8) is 0 Å². The van der Waals surface area contributed by atoms with Crippen LogP contribution in [0.4, 0.5) is 0 Å². The number of hydrogen-bond donors (Lipinski definition) is 2. The maximum absolute atomic E-state index is 5.60. The Morgan fingerprint density at radius 3 is 2.75 bits per heavy atom. The van der Waals surface area contributed by atoms with Gasteiger partial charge in [-0.3, -0.25) is 0 Å². The predicted octanol–water partition coefficient (Wildman–Crippen LogP) is 0.212. The average Bonchev–Trinajstić information content (AvgIpc) is 1.77. The highest BCUT2D eigenvalue weighted by atomic mass is 14.9. The van der Waals surface area contributed by atoms with E-state index >= 15 is 0 Å². The summed E-state index contributed by atoms with van der Waals surface area (Å²) in [4.78, 5) is 0. The first-order valence-corrected chi connectivity index (χ1v) is 2.95. The van der Waals surface area contributed by atoms with Crippen molar-refractivity contribution in [2.75, 3.05) is 13.1 Å². The van der Waals surface area contributed by atoms with Crippen molar-refractivity contribution in [3.8, 4) is 0 Å². The second kappa shape index (κ2) is 2.18. The van der Waals surface area contributed by atoms with Crippen molar-refractivity contribution in [1.82, 2.24) is 5.32 Å². The monoisotopic (exact) mass is 112 g/mol. The molecule has 0 saturated heterocycles. The third kappa shape index (κ3) is 1.01. The van der Waals surface area contributed by atoms with Gasteiger partial charge in [-0.25, -0.2) is 0 Å². The third-order valence-corrected chi connectivity index (χ3v) is 1.54. The lowest BCUT2D eigenvalue weighted by Crippen LogP contribution is -2.27. The molecule has 0 aliphatic carbocycles. The minimum atomic E-state index is 0.881. The fraction of sp³-hybridized carbons (Fsp3) is 0.667. The van der Waals surface area contributed by atoms with Gasteiger partial charge in [-0.05, 0) is 19.9 Å². The molecule has 1 aliphatic heterocycles. The van der Waals surface area contributed by atoms with Crippen LogP contribution in [0, 0.1) is 0 Å². The van der Waals surface area contributed by atoms with Gasteiger partial charge in [0.25, 0.3) is 0 Å². The standard InChI is InChI=1S/C6H12N2/c1-5-2-3-8-4-6(5)7/h8H,2-4,7H2,1H3. The Hall–Kier alpha value is -0.500. The Labute approximate surface area is 49.8 Å². The Morgan fingerprint density at radius 1 is 1.62 bits per heavy atom. The molecular formula is C6H12N2. The second-order valence-corrected chi connectivity index (χ2v) is 2.23. The lowest BCUT2D eigenvalue weighted by Gasteiger charge is -2.14. The molecule has 0 unspecified atom stereocenters. The number of nitrogens with one attached hydrogen (secondary N) is 1. The molecule has 0 fully saturated rings. The van der Waals surface area contributed by atoms with E-state index in [9.17, 15) is 0 Å². The van der Waals surface area contributed by atoms with Crippen LogP contribution in [-0.4, -0.2) is 13.1 Å². The maximum atomic E-state index is 5.60. The van der Waals surface area contributed by atoms with Crippen LogP contribution in [0.2, 0.25) is 0 Å². The van der Waals surface area contributed by atoms with Crippen LogP contribution in [0.1, 0.15) is 13.3 Å². The number of rotatable bonds is 0. The van der Waals surface area contributed by atoms with E-state index in [-0.39, 0.29) is 0 Å². The van der Waals surface area contributed by atoms with Crippen molar-refractivity contribution in [2.45, 2.75) is 13.3 Å². The second-order valence-electron chi connectivity index (χ2n) is 2.23. The summed E-state index contributed by atoms with van der Waals surface area (Å²) >= 11 is 0. The van der Waals surface area contributed by atoms with Crippen LogP contribution < -0.4 is 11.1 Å². The molecular weight excluding hydrogens is 100 g/mol. The first-order valence-electron chi connectivity index (χ1n) is 2.95. The molecule has 0 aromatic heterocycles. The van der Waals surface area contributed by atoms with E-state index in [1.54, 1.807) is 0 Å². The van der Waals surface area contributed by atoms with Gasteiger partial charge in [0.1, 0.15) is 0 Å². The molecule has 3 N–H and O–H groups in total. The summed E-state index contributed by atoms with van der Waals surface area (Å²) in [6.45, 7) is 4.06. The van der Waals surface area contributed by atoms with Gasteiger partial charge in [0.05, 0.1) is 0 Å². The first-order chi connectivity index (χ1) is 3.80. The molecule has 1 rings (SSSR count). The summed E-state index contributed by atoms with van der Waals surface area (Å²) in [6.07, 6.45) is 1.12. The molecule has 1 aliphatic rings. The molecule has 0 spiro atoms. The SMILES string of the molecule is CC1=C(N)CNCC1. The van der Waals surface area contributed by atoms with E-state index in [1.165, 1.54) is 5.57 Å². The van der Waals surface area contributed by atoms with Crippen LogP contribution in [0.15, 0.2) is 11.3 Å². The van der Waals surface area contributed by atoms with Crippen molar-refractivity contribution in [3.05, 3.63) is 11.3 Å². The van der Waals surface area contributed by atoms with E-state index < -0.39 is 0 Å². The average molecular weight is 112 g/mol. The molecule has 46 valence electrons. The van der Waals surface area contributed by atoms with E-state index in [0.717, 1.165) is 25.2 Å². The van der Waals surface area contributed by atoms with Crippen LogP contribution in [0.3, 0.4) is 0 Å². The van der Waals surface area contributed by atoms with E-state index in [4.69, 9.17) is 5.73 Å². The topological polar surface area (TPSA) is 38.0 Å². The van der Waals surface area contributed by atoms with Crippen molar-refractivity contribution in [1.29, 1.82) is 0 Å². The molecule has 0 aromatic rings. The van der Waals surface area contributed by atoms with E-state index in [1.807, 2.05) is 0 Å². The smallest absolute Gasteiger partial charge is 0.0351 e. The zero-order valence-corrected chi connectivity index (χ0v) is 5.20. The molecule has 2 heteroatoms. The summed E-state index contributed by atoms with van der Waals surface area (Å²) in [7, 11) is 0. The summed E-state index contributed by atoms with van der Waals surface area (Å²) in [5.74, 6) is 0. The molecule has 0 atom stereocenters. The summed E-state index contributed by atoms with van der Waals surface area (Å²) in [5, 5.41) is 3.18. The first kappa shape index (κ1) is 5.63. The van der Waals surface area contributed by atoms with Gasteiger partial charge in [0.15, 0.2) is 0 Å². The van der Waals surface area contributed by atoms with Gasteiger partial charge in [0.2, 0.25) is 0 Å². The van der Waals surface area contributed by atoms with Gasteiger partial charge >= 0.3 is 0 Å². The Kier molecular flexibility index (Phi) is 1.53. The minimum absolute atomic E-state index is 0.881. The van der Waals surface area contributed by atoms with Gasteiger partial charge in [0, 0.05) is 12.2 Å². The summed E-state index contributed by atoms with van der Waals surface area (Å²) in [6, 6.07) is 0. The lowest BCUT2D eigenvalue weighted by atomic mass is 10.1. The Bertz CT molecular complexity index is 102. The summed E-state index contributed by atoms with van der Waals surface area (Å²) in [5.41, 5.74) is 7.97. The van der Waals surface area contributed by atoms with Crippen LogP contribution in [0.25, 0.3) is 0 Å². The minimum Gasteiger partial charge on any atom is -0.401 e. The molecule has 0 saturated carbocycles. The molecule has 0 amide bonds. The summed E-state index contributed by atoms with van der Waals surface area (Å²) < 4.78 is 0. The van der Waals surface area contributed by atoms with Crippen molar-refractivity contribution >= 4 is 0 Å². The largest absolute Gasteiger partial charge is 0.401 e. The fourth-order valence-corrected chi connectivity index (χ4v) is 0.810. The fourth-order valence-electron chi connectivity index (χ4n) is 0.810. The van der Waals surface area contributed by atoms with Gasteiger partial charge in [-0.1, -0.05) is 5.57 Å². The van der Waals surface area contributed by atoms with Crippen molar-refractivity contribution < 1.29 is 0 Å². The highest BCUT2D eigenvalue weighted by Crippen LogP contribution is 2.05. The van der Waals surface area contributed by atoms with Crippen LogP contribution in [0.5, 0.6) is 0 Å². The highest BCUT2D eigenvalue weighted by molar-refractivity contribution is 5.12.